The van der Waals surface area contributed by atoms with Gasteiger partial charge in [0.2, 0.25) is 0 Å². The highest BCUT2D eigenvalue weighted by Gasteiger charge is 2.14. The number of azo groups is 1. The lowest BCUT2D eigenvalue weighted by atomic mass is 10.1. The van der Waals surface area contributed by atoms with Gasteiger partial charge in [-0.2, -0.15) is 0 Å². The van der Waals surface area contributed by atoms with Gasteiger partial charge in [0.25, 0.3) is 5.69 Å². The van der Waals surface area contributed by atoms with Gasteiger partial charge in [-0.3, -0.25) is 10.1 Å². The molecule has 0 fully saturated rings. The van der Waals surface area contributed by atoms with Crippen molar-refractivity contribution in [2.24, 2.45) is 10.2 Å². The highest BCUT2D eigenvalue weighted by Crippen LogP contribution is 2.38. The Bertz CT molecular complexity index is 951. The molecule has 0 amide bonds. The van der Waals surface area contributed by atoms with Crippen molar-refractivity contribution in [2.75, 3.05) is 7.11 Å². The van der Waals surface area contributed by atoms with Crippen LogP contribution in [0.5, 0.6) is 5.75 Å². The van der Waals surface area contributed by atoms with Crippen molar-refractivity contribution in [3.8, 4) is 5.75 Å². The fraction of sp³-hybridized carbons (Fsp3) is 0.111. The summed E-state index contributed by atoms with van der Waals surface area (Å²) in [6.45, 7) is 1.79. The lowest BCUT2D eigenvalue weighted by Crippen LogP contribution is -1.89. The van der Waals surface area contributed by atoms with E-state index in [-0.39, 0.29) is 11.4 Å². The Hall–Kier alpha value is -3.28. The summed E-state index contributed by atoms with van der Waals surface area (Å²) in [4.78, 5) is 10.7. The van der Waals surface area contributed by atoms with Gasteiger partial charge in [-0.1, -0.05) is 36.4 Å². The van der Waals surface area contributed by atoms with Gasteiger partial charge >= 0.3 is 0 Å². The number of hydrogen-bond donors (Lipinski definition) is 0. The lowest BCUT2D eigenvalue weighted by Gasteiger charge is -2.07. The molecular formula is C18H15N3O3. The van der Waals surface area contributed by atoms with Crippen molar-refractivity contribution < 1.29 is 9.66 Å². The number of methoxy groups -OCH3 is 1. The third-order valence-electron chi connectivity index (χ3n) is 3.67. The second-order valence-corrected chi connectivity index (χ2v) is 5.29. The predicted octanol–water partition coefficient (Wildman–Crippen LogP) is 5.48. The minimum atomic E-state index is -0.457. The molecule has 0 aliphatic carbocycles. The van der Waals surface area contributed by atoms with Gasteiger partial charge in [-0.25, -0.2) is 0 Å². The Morgan fingerprint density at radius 3 is 2.58 bits per heavy atom. The maximum atomic E-state index is 11.2. The summed E-state index contributed by atoms with van der Waals surface area (Å²) in [6, 6.07) is 16.3. The molecule has 0 radical (unpaired) electrons. The Balaban J connectivity index is 2.13. The van der Waals surface area contributed by atoms with Crippen LogP contribution >= 0.6 is 0 Å². The zero-order chi connectivity index (χ0) is 17.1. The van der Waals surface area contributed by atoms with E-state index in [0.29, 0.717) is 11.4 Å². The molecule has 0 aliphatic heterocycles. The second-order valence-electron chi connectivity index (χ2n) is 5.29. The minimum Gasteiger partial charge on any atom is -0.494 e. The van der Waals surface area contributed by atoms with Crippen molar-refractivity contribution in [1.82, 2.24) is 0 Å². The molecule has 120 valence electrons. The summed E-state index contributed by atoms with van der Waals surface area (Å²) in [6.07, 6.45) is 0. The average molecular weight is 321 g/mol. The number of nitro groups is 1. The van der Waals surface area contributed by atoms with Crippen molar-refractivity contribution in [2.45, 2.75) is 6.92 Å². The SMILES string of the molecule is COc1ccc2ccccc2c1N=Nc1ccc(C)cc1[N+](=O)[O-]. The summed E-state index contributed by atoms with van der Waals surface area (Å²) >= 11 is 0. The number of nitro benzene ring substituents is 1. The molecule has 3 aromatic rings. The zero-order valence-electron chi connectivity index (χ0n) is 13.3. The van der Waals surface area contributed by atoms with Crippen LogP contribution in [-0.2, 0) is 0 Å². The zero-order valence-corrected chi connectivity index (χ0v) is 13.3. The highest BCUT2D eigenvalue weighted by molar-refractivity contribution is 5.95. The number of nitrogens with zero attached hydrogens (tertiary/aromatic N) is 3. The van der Waals surface area contributed by atoms with E-state index in [0.717, 1.165) is 16.3 Å². The third-order valence-corrected chi connectivity index (χ3v) is 3.67. The lowest BCUT2D eigenvalue weighted by molar-refractivity contribution is -0.384. The number of aryl methyl sites for hydroxylation is 1. The molecule has 0 heterocycles. The molecular weight excluding hydrogens is 306 g/mol. The number of fused-ring (bicyclic) bond motifs is 1. The summed E-state index contributed by atoms with van der Waals surface area (Å²) in [5, 5.41) is 21.4. The number of rotatable bonds is 4. The Labute approximate surface area is 138 Å². The standard InChI is InChI=1S/C18H15N3O3/c1-12-7-9-15(16(11-12)21(22)23)19-20-18-14-6-4-3-5-13(14)8-10-17(18)24-2/h3-11H,1-2H3. The van der Waals surface area contributed by atoms with E-state index in [9.17, 15) is 10.1 Å². The van der Waals surface area contributed by atoms with Gasteiger partial charge in [-0.05, 0) is 30.0 Å². The van der Waals surface area contributed by atoms with Crippen molar-refractivity contribution in [3.05, 3.63) is 70.3 Å². The first-order chi connectivity index (χ1) is 11.6. The molecule has 0 unspecified atom stereocenters. The molecule has 0 spiro atoms. The molecule has 3 rings (SSSR count). The topological polar surface area (TPSA) is 77.1 Å². The van der Waals surface area contributed by atoms with Gasteiger partial charge in [-0.15, -0.1) is 10.2 Å². The molecule has 0 bridgehead atoms. The van der Waals surface area contributed by atoms with Crippen LogP contribution in [0.25, 0.3) is 10.8 Å². The molecule has 3 aromatic carbocycles. The van der Waals surface area contributed by atoms with Gasteiger partial charge < -0.3 is 4.74 Å². The number of ether oxygens (including phenoxy) is 1. The van der Waals surface area contributed by atoms with E-state index in [2.05, 4.69) is 10.2 Å². The molecule has 6 nitrogen and oxygen atoms in total. The van der Waals surface area contributed by atoms with E-state index in [1.807, 2.05) is 30.3 Å². The third kappa shape index (κ3) is 2.94. The Morgan fingerprint density at radius 2 is 1.83 bits per heavy atom. The van der Waals surface area contributed by atoms with Crippen LogP contribution in [0.15, 0.2) is 64.8 Å². The van der Waals surface area contributed by atoms with E-state index in [1.165, 1.54) is 6.07 Å². The summed E-state index contributed by atoms with van der Waals surface area (Å²) in [5.74, 6) is 0.562. The van der Waals surface area contributed by atoms with Crippen molar-refractivity contribution in [1.29, 1.82) is 0 Å². The molecule has 0 saturated heterocycles. The average Bonchev–Trinajstić information content (AvgIpc) is 2.60. The van der Waals surface area contributed by atoms with E-state index >= 15 is 0 Å². The van der Waals surface area contributed by atoms with Crippen LogP contribution in [0.3, 0.4) is 0 Å². The summed E-state index contributed by atoms with van der Waals surface area (Å²) in [5.41, 5.74) is 1.48. The van der Waals surface area contributed by atoms with Crippen LogP contribution < -0.4 is 4.74 Å². The quantitative estimate of drug-likeness (QED) is 0.362. The second kappa shape index (κ2) is 6.45. The van der Waals surface area contributed by atoms with E-state index in [1.54, 1.807) is 32.2 Å². The first-order valence-electron chi connectivity index (χ1n) is 7.32. The summed E-state index contributed by atoms with van der Waals surface area (Å²) < 4.78 is 5.35. The molecule has 0 atom stereocenters. The number of benzene rings is 3. The molecule has 24 heavy (non-hydrogen) atoms. The highest BCUT2D eigenvalue weighted by atomic mass is 16.6. The van der Waals surface area contributed by atoms with Crippen LogP contribution in [-0.4, -0.2) is 12.0 Å². The first kappa shape index (κ1) is 15.6. The van der Waals surface area contributed by atoms with Gasteiger partial charge in [0.05, 0.1) is 12.0 Å². The van der Waals surface area contributed by atoms with E-state index < -0.39 is 4.92 Å². The molecule has 0 N–H and O–H groups in total. The normalized spacial score (nSPS) is 11.1. The fourth-order valence-electron chi connectivity index (χ4n) is 2.47. The smallest absolute Gasteiger partial charge is 0.296 e. The minimum absolute atomic E-state index is 0.0713. The summed E-state index contributed by atoms with van der Waals surface area (Å²) in [7, 11) is 1.55. The molecule has 0 saturated carbocycles. The molecule has 6 heteroatoms. The fourth-order valence-corrected chi connectivity index (χ4v) is 2.47. The number of hydrogen-bond acceptors (Lipinski definition) is 5. The van der Waals surface area contributed by atoms with Crippen LogP contribution in [0, 0.1) is 17.0 Å². The Morgan fingerprint density at radius 1 is 1.04 bits per heavy atom. The van der Waals surface area contributed by atoms with Gasteiger partial charge in [0.15, 0.2) is 5.69 Å². The van der Waals surface area contributed by atoms with Crippen LogP contribution in [0.4, 0.5) is 17.1 Å². The maximum absolute atomic E-state index is 11.2. The first-order valence-corrected chi connectivity index (χ1v) is 7.32. The van der Waals surface area contributed by atoms with Gasteiger partial charge in [0.1, 0.15) is 11.4 Å². The van der Waals surface area contributed by atoms with Gasteiger partial charge in [0, 0.05) is 11.5 Å². The predicted molar refractivity (Wildman–Crippen MR) is 92.5 cm³/mol. The largest absolute Gasteiger partial charge is 0.494 e. The molecule has 0 aromatic heterocycles. The molecule has 0 aliphatic rings. The maximum Gasteiger partial charge on any atom is 0.296 e. The van der Waals surface area contributed by atoms with Crippen molar-refractivity contribution in [3.63, 3.8) is 0 Å². The van der Waals surface area contributed by atoms with Crippen molar-refractivity contribution >= 4 is 27.8 Å². The monoisotopic (exact) mass is 321 g/mol. The van der Waals surface area contributed by atoms with Crippen LogP contribution in [0.2, 0.25) is 0 Å². The van der Waals surface area contributed by atoms with Crippen LogP contribution in [0.1, 0.15) is 5.56 Å². The Kier molecular flexibility index (Phi) is 4.20. The van der Waals surface area contributed by atoms with E-state index in [4.69, 9.17) is 4.74 Å².